The third kappa shape index (κ3) is 5.14. The Labute approximate surface area is 162 Å². The maximum absolute atomic E-state index is 13.2. The van der Waals surface area contributed by atoms with E-state index in [0.29, 0.717) is 10.6 Å². The number of carbonyl (C=O) groups excluding carboxylic acids is 2. The summed E-state index contributed by atoms with van der Waals surface area (Å²) in [5.41, 5.74) is 2.12. The van der Waals surface area contributed by atoms with Crippen LogP contribution < -0.4 is 10.6 Å². The number of halogens is 1. The first-order valence-electron chi connectivity index (χ1n) is 8.71. The number of hydrogen-bond donors (Lipinski definition) is 2. The lowest BCUT2D eigenvalue weighted by atomic mass is 9.96. The Morgan fingerprint density at radius 2 is 1.81 bits per heavy atom. The van der Waals surface area contributed by atoms with Crippen molar-refractivity contribution in [1.82, 2.24) is 5.32 Å². The first kappa shape index (κ1) is 21.1. The molecule has 146 valence electrons. The fourth-order valence-corrected chi connectivity index (χ4v) is 3.91. The van der Waals surface area contributed by atoms with Gasteiger partial charge in [0.05, 0.1) is 19.2 Å². The standard InChI is InChI=1S/C20H25FN2O3S/c1-11(2)18(14-6-8-15(21)9-7-14)22-10-16(24)23-19-17(20(25)26-5)12(3)13(4)27-19/h6-9,11,18,22H,10H2,1-5H3,(H,23,24). The van der Waals surface area contributed by atoms with Gasteiger partial charge >= 0.3 is 5.97 Å². The van der Waals surface area contributed by atoms with E-state index in [0.717, 1.165) is 16.0 Å². The summed E-state index contributed by atoms with van der Waals surface area (Å²) >= 11 is 1.35. The first-order valence-corrected chi connectivity index (χ1v) is 9.53. The molecule has 5 nitrogen and oxygen atoms in total. The molecule has 1 aromatic heterocycles. The van der Waals surface area contributed by atoms with Crippen molar-refractivity contribution in [2.45, 2.75) is 33.7 Å². The average Bonchev–Trinajstić information content (AvgIpc) is 2.89. The normalized spacial score (nSPS) is 12.1. The molecule has 1 amide bonds. The molecule has 1 aromatic carbocycles. The lowest BCUT2D eigenvalue weighted by molar-refractivity contribution is -0.115. The molecule has 7 heteroatoms. The van der Waals surface area contributed by atoms with Gasteiger partial charge in [-0.2, -0.15) is 0 Å². The number of esters is 1. The summed E-state index contributed by atoms with van der Waals surface area (Å²) in [6.45, 7) is 7.84. The number of thiophene rings is 1. The zero-order valence-electron chi connectivity index (χ0n) is 16.2. The summed E-state index contributed by atoms with van der Waals surface area (Å²) in [5.74, 6) is -0.807. The lowest BCUT2D eigenvalue weighted by Gasteiger charge is -2.22. The van der Waals surface area contributed by atoms with Crippen molar-refractivity contribution < 1.29 is 18.7 Å². The topological polar surface area (TPSA) is 67.4 Å². The highest BCUT2D eigenvalue weighted by atomic mass is 32.1. The van der Waals surface area contributed by atoms with Crippen LogP contribution in [-0.2, 0) is 9.53 Å². The van der Waals surface area contributed by atoms with Crippen LogP contribution in [0.15, 0.2) is 24.3 Å². The Kier molecular flexibility index (Phi) is 7.10. The maximum Gasteiger partial charge on any atom is 0.341 e. The Bertz CT molecular complexity index is 815. The summed E-state index contributed by atoms with van der Waals surface area (Å²) in [5, 5.41) is 6.50. The Morgan fingerprint density at radius 3 is 2.37 bits per heavy atom. The van der Waals surface area contributed by atoms with E-state index < -0.39 is 5.97 Å². The lowest BCUT2D eigenvalue weighted by Crippen LogP contribution is -2.33. The quantitative estimate of drug-likeness (QED) is 0.693. The minimum atomic E-state index is -0.466. The number of benzene rings is 1. The van der Waals surface area contributed by atoms with E-state index in [2.05, 4.69) is 10.6 Å². The number of aryl methyl sites for hydroxylation is 1. The zero-order chi connectivity index (χ0) is 20.1. The highest BCUT2D eigenvalue weighted by Crippen LogP contribution is 2.33. The van der Waals surface area contributed by atoms with Crippen molar-refractivity contribution in [3.05, 3.63) is 51.7 Å². The zero-order valence-corrected chi connectivity index (χ0v) is 17.0. The third-order valence-corrected chi connectivity index (χ3v) is 5.53. The molecule has 0 saturated heterocycles. The van der Waals surface area contributed by atoms with E-state index in [1.807, 2.05) is 27.7 Å². The SMILES string of the molecule is COC(=O)c1c(NC(=O)CNC(c2ccc(F)cc2)C(C)C)sc(C)c1C. The fraction of sp³-hybridized carbons (Fsp3) is 0.400. The van der Waals surface area contributed by atoms with Crippen LogP contribution in [0.3, 0.4) is 0 Å². The van der Waals surface area contributed by atoms with Crippen LogP contribution >= 0.6 is 11.3 Å². The Balaban J connectivity index is 2.08. The molecule has 2 N–H and O–H groups in total. The van der Waals surface area contributed by atoms with Crippen LogP contribution in [0.2, 0.25) is 0 Å². The second-order valence-corrected chi connectivity index (χ2v) is 7.91. The van der Waals surface area contributed by atoms with Crippen LogP contribution in [0.4, 0.5) is 9.39 Å². The van der Waals surface area contributed by atoms with Gasteiger partial charge in [-0.3, -0.25) is 4.79 Å². The fourth-order valence-electron chi connectivity index (χ4n) is 2.84. The molecule has 0 aliphatic heterocycles. The number of hydrogen-bond acceptors (Lipinski definition) is 5. The summed E-state index contributed by atoms with van der Waals surface area (Å²) in [4.78, 5) is 25.4. The molecule has 1 atom stereocenters. The largest absolute Gasteiger partial charge is 0.465 e. The van der Waals surface area contributed by atoms with Crippen molar-refractivity contribution >= 4 is 28.2 Å². The van der Waals surface area contributed by atoms with Gasteiger partial charge in [0.15, 0.2) is 0 Å². The minimum absolute atomic E-state index is 0.0663. The molecular weight excluding hydrogens is 367 g/mol. The number of methoxy groups -OCH3 is 1. The van der Waals surface area contributed by atoms with Gasteiger partial charge in [0.1, 0.15) is 10.8 Å². The molecule has 27 heavy (non-hydrogen) atoms. The van der Waals surface area contributed by atoms with Gasteiger partial charge in [0, 0.05) is 10.9 Å². The molecule has 0 aliphatic carbocycles. The number of carbonyl (C=O) groups is 2. The molecule has 0 radical (unpaired) electrons. The van der Waals surface area contributed by atoms with E-state index in [9.17, 15) is 14.0 Å². The van der Waals surface area contributed by atoms with E-state index in [1.165, 1.54) is 30.6 Å². The highest BCUT2D eigenvalue weighted by Gasteiger charge is 2.22. The highest BCUT2D eigenvalue weighted by molar-refractivity contribution is 7.16. The van der Waals surface area contributed by atoms with Gasteiger partial charge in [0.2, 0.25) is 5.91 Å². The molecule has 0 spiro atoms. The second kappa shape index (κ2) is 9.10. The monoisotopic (exact) mass is 392 g/mol. The first-order chi connectivity index (χ1) is 12.7. The molecule has 0 fully saturated rings. The summed E-state index contributed by atoms with van der Waals surface area (Å²) in [6.07, 6.45) is 0. The number of ether oxygens (including phenoxy) is 1. The molecular formula is C20H25FN2O3S. The number of nitrogens with one attached hydrogen (secondary N) is 2. The van der Waals surface area contributed by atoms with Gasteiger partial charge in [-0.25, -0.2) is 9.18 Å². The van der Waals surface area contributed by atoms with Crippen LogP contribution in [0.5, 0.6) is 0 Å². The Hall–Kier alpha value is -2.25. The number of rotatable bonds is 7. The van der Waals surface area contributed by atoms with Crippen molar-refractivity contribution in [1.29, 1.82) is 0 Å². The molecule has 0 aliphatic rings. The molecule has 1 heterocycles. The molecule has 2 aromatic rings. The van der Waals surface area contributed by atoms with Gasteiger partial charge in [-0.1, -0.05) is 26.0 Å². The minimum Gasteiger partial charge on any atom is -0.465 e. The van der Waals surface area contributed by atoms with Crippen molar-refractivity contribution in [3.63, 3.8) is 0 Å². The van der Waals surface area contributed by atoms with E-state index in [1.54, 1.807) is 12.1 Å². The predicted octanol–water partition coefficient (Wildman–Crippen LogP) is 4.22. The summed E-state index contributed by atoms with van der Waals surface area (Å²) < 4.78 is 18.0. The van der Waals surface area contributed by atoms with Crippen LogP contribution in [0.25, 0.3) is 0 Å². The van der Waals surface area contributed by atoms with Crippen molar-refractivity contribution in [2.24, 2.45) is 5.92 Å². The average molecular weight is 392 g/mol. The molecule has 2 rings (SSSR count). The van der Waals surface area contributed by atoms with Gasteiger partial charge in [-0.05, 0) is 43.0 Å². The predicted molar refractivity (Wildman–Crippen MR) is 106 cm³/mol. The number of anilines is 1. The smallest absolute Gasteiger partial charge is 0.341 e. The summed E-state index contributed by atoms with van der Waals surface area (Å²) in [7, 11) is 1.32. The maximum atomic E-state index is 13.2. The van der Waals surface area contributed by atoms with E-state index in [-0.39, 0.29) is 30.2 Å². The van der Waals surface area contributed by atoms with Gasteiger partial charge in [0.25, 0.3) is 0 Å². The van der Waals surface area contributed by atoms with E-state index >= 15 is 0 Å². The van der Waals surface area contributed by atoms with Crippen molar-refractivity contribution in [2.75, 3.05) is 19.0 Å². The third-order valence-electron chi connectivity index (χ3n) is 4.41. The summed E-state index contributed by atoms with van der Waals surface area (Å²) in [6, 6.07) is 6.15. The second-order valence-electron chi connectivity index (χ2n) is 6.68. The molecule has 1 unspecified atom stereocenters. The number of amides is 1. The van der Waals surface area contributed by atoms with E-state index in [4.69, 9.17) is 4.74 Å². The van der Waals surface area contributed by atoms with Gasteiger partial charge in [-0.15, -0.1) is 11.3 Å². The van der Waals surface area contributed by atoms with Crippen LogP contribution in [0.1, 0.15) is 46.3 Å². The molecule has 0 saturated carbocycles. The van der Waals surface area contributed by atoms with Crippen molar-refractivity contribution in [3.8, 4) is 0 Å². The molecule has 0 bridgehead atoms. The Morgan fingerprint density at radius 1 is 1.19 bits per heavy atom. The van der Waals surface area contributed by atoms with Crippen LogP contribution in [-0.4, -0.2) is 25.5 Å². The van der Waals surface area contributed by atoms with Gasteiger partial charge < -0.3 is 15.4 Å². The van der Waals surface area contributed by atoms with Crippen LogP contribution in [0, 0.1) is 25.6 Å².